The molecule has 0 radical (unpaired) electrons. The number of nitrogens with one attached hydrogen (secondary N) is 2. The van der Waals surface area contributed by atoms with Crippen LogP contribution in [0.2, 0.25) is 0 Å². The minimum absolute atomic E-state index is 0.229. The highest BCUT2D eigenvalue weighted by Gasteiger charge is 2.26. The molecule has 0 bridgehead atoms. The number of urea groups is 1. The van der Waals surface area contributed by atoms with Crippen molar-refractivity contribution in [1.82, 2.24) is 9.62 Å². The molecule has 0 aliphatic carbocycles. The summed E-state index contributed by atoms with van der Waals surface area (Å²) < 4.78 is 24.7. The molecule has 0 spiro atoms. The van der Waals surface area contributed by atoms with Crippen LogP contribution in [0.1, 0.15) is 19.3 Å². The summed E-state index contributed by atoms with van der Waals surface area (Å²) in [5.41, 5.74) is 5.78. The molecule has 3 amide bonds. The standard InChI is InChI=1S/C16H24N4O4S2/c1-26(23,24)20-9-4-5-12(11-20)18-16(22)19-13-6-2-3-7-14(13)25-10-8-15(17)21/h2-3,6-7,12H,4-5,8-11H2,1H3,(H2,17,21)(H2,18,19,22). The van der Waals surface area contributed by atoms with E-state index in [1.54, 1.807) is 12.1 Å². The van der Waals surface area contributed by atoms with Crippen LogP contribution in [-0.4, -0.2) is 55.8 Å². The number of hydrogen-bond donors (Lipinski definition) is 3. The first-order valence-electron chi connectivity index (χ1n) is 8.28. The van der Waals surface area contributed by atoms with E-state index >= 15 is 0 Å². The Labute approximate surface area is 157 Å². The van der Waals surface area contributed by atoms with Crippen molar-refractivity contribution in [3.05, 3.63) is 24.3 Å². The number of rotatable bonds is 7. The fourth-order valence-electron chi connectivity index (χ4n) is 2.66. The summed E-state index contributed by atoms with van der Waals surface area (Å²) in [5.74, 6) is 0.162. The smallest absolute Gasteiger partial charge is 0.319 e. The zero-order valence-corrected chi connectivity index (χ0v) is 16.2. The van der Waals surface area contributed by atoms with Crippen molar-refractivity contribution in [3.8, 4) is 0 Å². The Hall–Kier alpha value is -1.78. The minimum atomic E-state index is -3.26. The second-order valence-electron chi connectivity index (χ2n) is 6.12. The molecule has 1 unspecified atom stereocenters. The number of carbonyl (C=O) groups is 2. The van der Waals surface area contributed by atoms with Gasteiger partial charge in [0.2, 0.25) is 15.9 Å². The van der Waals surface area contributed by atoms with Gasteiger partial charge in [-0.25, -0.2) is 17.5 Å². The zero-order chi connectivity index (χ0) is 19.2. The van der Waals surface area contributed by atoms with Gasteiger partial charge in [-0.05, 0) is 25.0 Å². The van der Waals surface area contributed by atoms with E-state index < -0.39 is 10.0 Å². The lowest BCUT2D eigenvalue weighted by molar-refractivity contribution is -0.117. The maximum Gasteiger partial charge on any atom is 0.319 e. The van der Waals surface area contributed by atoms with Crippen molar-refractivity contribution >= 4 is 39.4 Å². The van der Waals surface area contributed by atoms with E-state index in [4.69, 9.17) is 5.73 Å². The third-order valence-corrected chi connectivity index (χ3v) is 6.27. The van der Waals surface area contributed by atoms with Crippen molar-refractivity contribution in [2.45, 2.75) is 30.2 Å². The normalized spacial score (nSPS) is 18.3. The number of carbonyl (C=O) groups excluding carboxylic acids is 2. The number of para-hydroxylation sites is 1. The Morgan fingerprint density at radius 2 is 2.08 bits per heavy atom. The van der Waals surface area contributed by atoms with Gasteiger partial charge in [-0.3, -0.25) is 4.79 Å². The molecule has 0 aromatic heterocycles. The van der Waals surface area contributed by atoms with Crippen LogP contribution in [0.5, 0.6) is 0 Å². The molecule has 144 valence electrons. The Balaban J connectivity index is 1.92. The van der Waals surface area contributed by atoms with E-state index in [0.29, 0.717) is 24.4 Å². The Morgan fingerprint density at radius 3 is 2.77 bits per heavy atom. The number of anilines is 1. The molecule has 4 N–H and O–H groups in total. The first-order valence-corrected chi connectivity index (χ1v) is 11.1. The number of benzene rings is 1. The van der Waals surface area contributed by atoms with Crippen molar-refractivity contribution in [2.24, 2.45) is 5.73 Å². The van der Waals surface area contributed by atoms with E-state index in [9.17, 15) is 18.0 Å². The molecule has 1 fully saturated rings. The fraction of sp³-hybridized carbons (Fsp3) is 0.500. The molecule has 1 heterocycles. The minimum Gasteiger partial charge on any atom is -0.370 e. The van der Waals surface area contributed by atoms with Gasteiger partial charge >= 0.3 is 6.03 Å². The largest absolute Gasteiger partial charge is 0.370 e. The first-order chi connectivity index (χ1) is 12.3. The predicted octanol–water partition coefficient (Wildman–Crippen LogP) is 1.20. The van der Waals surface area contributed by atoms with Crippen molar-refractivity contribution < 1.29 is 18.0 Å². The first kappa shape index (κ1) is 20.5. The Bertz CT molecular complexity index is 754. The van der Waals surface area contributed by atoms with Gasteiger partial charge in [0.05, 0.1) is 11.9 Å². The summed E-state index contributed by atoms with van der Waals surface area (Å²) in [6, 6.07) is 6.67. The number of nitrogens with two attached hydrogens (primary N) is 1. The van der Waals surface area contributed by atoms with Gasteiger partial charge in [0.25, 0.3) is 0 Å². The van der Waals surface area contributed by atoms with Crippen LogP contribution in [0.3, 0.4) is 0 Å². The Morgan fingerprint density at radius 1 is 1.35 bits per heavy atom. The van der Waals surface area contributed by atoms with Crippen LogP contribution in [-0.2, 0) is 14.8 Å². The molecule has 2 rings (SSSR count). The van der Waals surface area contributed by atoms with Crippen molar-refractivity contribution in [2.75, 3.05) is 30.4 Å². The van der Waals surface area contributed by atoms with Crippen LogP contribution in [0.4, 0.5) is 10.5 Å². The molecule has 1 aromatic carbocycles. The molecule has 1 aliphatic heterocycles. The predicted molar refractivity (Wildman–Crippen MR) is 103 cm³/mol. The highest BCUT2D eigenvalue weighted by molar-refractivity contribution is 7.99. The van der Waals surface area contributed by atoms with E-state index in [2.05, 4.69) is 10.6 Å². The average Bonchev–Trinajstić information content (AvgIpc) is 2.55. The van der Waals surface area contributed by atoms with Gasteiger partial charge in [0.15, 0.2) is 0 Å². The third-order valence-electron chi connectivity index (χ3n) is 3.93. The van der Waals surface area contributed by atoms with E-state index in [1.807, 2.05) is 12.1 Å². The van der Waals surface area contributed by atoms with Crippen LogP contribution in [0, 0.1) is 0 Å². The van der Waals surface area contributed by atoms with Gasteiger partial charge in [-0.2, -0.15) is 0 Å². The SMILES string of the molecule is CS(=O)(=O)N1CCCC(NC(=O)Nc2ccccc2SCCC(N)=O)C1. The number of hydrogen-bond acceptors (Lipinski definition) is 5. The topological polar surface area (TPSA) is 122 Å². The van der Waals surface area contributed by atoms with Gasteiger partial charge in [-0.15, -0.1) is 11.8 Å². The lowest BCUT2D eigenvalue weighted by Crippen LogP contribution is -2.50. The van der Waals surface area contributed by atoms with Crippen molar-refractivity contribution in [3.63, 3.8) is 0 Å². The second-order valence-corrected chi connectivity index (χ2v) is 9.24. The maximum absolute atomic E-state index is 12.3. The number of piperidine rings is 1. The number of nitrogens with zero attached hydrogens (tertiary/aromatic N) is 1. The molecule has 1 atom stereocenters. The summed E-state index contributed by atoms with van der Waals surface area (Å²) in [7, 11) is -3.26. The number of thioether (sulfide) groups is 1. The Kier molecular flexibility index (Phi) is 7.30. The molecule has 8 nitrogen and oxygen atoms in total. The highest BCUT2D eigenvalue weighted by atomic mass is 32.2. The van der Waals surface area contributed by atoms with Crippen molar-refractivity contribution in [1.29, 1.82) is 0 Å². The van der Waals surface area contributed by atoms with Gasteiger partial charge < -0.3 is 16.4 Å². The molecular formula is C16H24N4O4S2. The molecular weight excluding hydrogens is 376 g/mol. The summed E-state index contributed by atoms with van der Waals surface area (Å²) >= 11 is 1.44. The van der Waals surface area contributed by atoms with E-state index in [0.717, 1.165) is 11.3 Å². The molecule has 1 aliphatic rings. The van der Waals surface area contributed by atoms with Crippen LogP contribution >= 0.6 is 11.8 Å². The molecule has 10 heteroatoms. The van der Waals surface area contributed by atoms with E-state index in [1.165, 1.54) is 22.3 Å². The summed E-state index contributed by atoms with van der Waals surface area (Å²) in [4.78, 5) is 24.0. The summed E-state index contributed by atoms with van der Waals surface area (Å²) in [6.07, 6.45) is 2.87. The highest BCUT2D eigenvalue weighted by Crippen LogP contribution is 2.27. The number of sulfonamides is 1. The van der Waals surface area contributed by atoms with Gasteiger partial charge in [0.1, 0.15) is 0 Å². The number of primary amides is 1. The van der Waals surface area contributed by atoms with Gasteiger partial charge in [-0.1, -0.05) is 12.1 Å². The average molecular weight is 401 g/mol. The molecule has 26 heavy (non-hydrogen) atoms. The third kappa shape index (κ3) is 6.50. The maximum atomic E-state index is 12.3. The zero-order valence-electron chi connectivity index (χ0n) is 14.6. The fourth-order valence-corrected chi connectivity index (χ4v) is 4.55. The molecule has 1 saturated heterocycles. The number of amides is 3. The lowest BCUT2D eigenvalue weighted by Gasteiger charge is -2.31. The quantitative estimate of drug-likeness (QED) is 0.594. The van der Waals surface area contributed by atoms with Gasteiger partial charge in [0, 0.05) is 36.2 Å². The summed E-state index contributed by atoms with van der Waals surface area (Å²) in [6.45, 7) is 0.763. The van der Waals surface area contributed by atoms with Crippen LogP contribution in [0.15, 0.2) is 29.2 Å². The lowest BCUT2D eigenvalue weighted by atomic mass is 10.1. The molecule has 1 aromatic rings. The second kappa shape index (κ2) is 9.24. The van der Waals surface area contributed by atoms with Crippen LogP contribution < -0.4 is 16.4 Å². The van der Waals surface area contributed by atoms with E-state index in [-0.39, 0.29) is 30.9 Å². The summed E-state index contributed by atoms with van der Waals surface area (Å²) in [5, 5.41) is 5.63. The van der Waals surface area contributed by atoms with Crippen LogP contribution in [0.25, 0.3) is 0 Å². The molecule has 0 saturated carbocycles. The monoisotopic (exact) mass is 400 g/mol.